The highest BCUT2D eigenvalue weighted by atomic mass is 32.2. The zero-order chi connectivity index (χ0) is 20.1. The molecule has 27 heavy (non-hydrogen) atoms. The molecule has 2 aromatic rings. The maximum Gasteiger partial charge on any atom is 0.446 e. The minimum Gasteiger partial charge on any atom is -0.484 e. The summed E-state index contributed by atoms with van der Waals surface area (Å²) in [7, 11) is 0. The second kappa shape index (κ2) is 8.55. The summed E-state index contributed by atoms with van der Waals surface area (Å²) in [4.78, 5) is 12.0. The Bertz CT molecular complexity index is 757. The second-order valence-corrected chi connectivity index (χ2v) is 6.44. The first kappa shape index (κ1) is 20.9. The summed E-state index contributed by atoms with van der Waals surface area (Å²) < 4.78 is 77.6. The number of benzene rings is 2. The van der Waals surface area contributed by atoms with Gasteiger partial charge in [0.25, 0.3) is 5.91 Å². The number of hydrogen-bond acceptors (Lipinski definition) is 3. The van der Waals surface area contributed by atoms with E-state index < -0.39 is 24.2 Å². The quantitative estimate of drug-likeness (QED) is 0.529. The van der Waals surface area contributed by atoms with Crippen molar-refractivity contribution in [1.82, 2.24) is 5.32 Å². The smallest absolute Gasteiger partial charge is 0.446 e. The van der Waals surface area contributed by atoms with E-state index in [2.05, 4.69) is 10.1 Å². The van der Waals surface area contributed by atoms with E-state index in [1.54, 1.807) is 0 Å². The lowest BCUT2D eigenvalue weighted by atomic mass is 10.2. The fourth-order valence-electron chi connectivity index (χ4n) is 1.96. The van der Waals surface area contributed by atoms with E-state index in [4.69, 9.17) is 0 Å². The maximum absolute atomic E-state index is 12.3. The number of rotatable bonds is 6. The second-order valence-electron chi connectivity index (χ2n) is 5.30. The van der Waals surface area contributed by atoms with Crippen molar-refractivity contribution in [2.24, 2.45) is 0 Å². The minimum absolute atomic E-state index is 0.0338. The lowest BCUT2D eigenvalue weighted by Crippen LogP contribution is -2.22. The van der Waals surface area contributed by atoms with Crippen LogP contribution in [0.25, 0.3) is 0 Å². The summed E-state index contributed by atoms with van der Waals surface area (Å²) in [6, 6.07) is 10.6. The summed E-state index contributed by atoms with van der Waals surface area (Å²) in [5.74, 6) is -0.448. The number of nitrogens with one attached hydrogen (secondary N) is 1. The Kier molecular flexibility index (Phi) is 6.63. The predicted octanol–water partition coefficient (Wildman–Crippen LogP) is 5.17. The SMILES string of the molecule is O=C(NCc1ccc(OCC(F)(F)F)cc1)c1ccc(SC(F)(F)F)cc1. The molecule has 0 aliphatic heterocycles. The largest absolute Gasteiger partial charge is 0.484 e. The van der Waals surface area contributed by atoms with Gasteiger partial charge in [0.05, 0.1) is 0 Å². The van der Waals surface area contributed by atoms with Crippen LogP contribution < -0.4 is 10.1 Å². The molecule has 0 aliphatic rings. The van der Waals surface area contributed by atoms with Crippen molar-refractivity contribution in [3.8, 4) is 5.75 Å². The van der Waals surface area contributed by atoms with Gasteiger partial charge in [0, 0.05) is 17.0 Å². The van der Waals surface area contributed by atoms with Crippen molar-refractivity contribution in [3.63, 3.8) is 0 Å². The molecule has 0 saturated heterocycles. The summed E-state index contributed by atoms with van der Waals surface area (Å²) in [6.07, 6.45) is -4.43. The van der Waals surface area contributed by atoms with Crippen molar-refractivity contribution < 1.29 is 35.9 Å². The van der Waals surface area contributed by atoms with Crippen LogP contribution in [0.5, 0.6) is 5.75 Å². The molecule has 0 aliphatic carbocycles. The third kappa shape index (κ3) is 7.81. The first-order valence-corrected chi connectivity index (χ1v) is 8.26. The van der Waals surface area contributed by atoms with E-state index in [0.29, 0.717) is 5.56 Å². The molecule has 1 N–H and O–H groups in total. The Morgan fingerprint density at radius 1 is 0.926 bits per heavy atom. The average Bonchev–Trinajstić information content (AvgIpc) is 2.57. The third-order valence-electron chi connectivity index (χ3n) is 3.13. The van der Waals surface area contributed by atoms with Gasteiger partial charge >= 0.3 is 11.7 Å². The molecule has 10 heteroatoms. The summed E-state index contributed by atoms with van der Waals surface area (Å²) >= 11 is -0.276. The van der Waals surface area contributed by atoms with Crippen LogP contribution in [0, 0.1) is 0 Å². The number of carbonyl (C=O) groups excluding carboxylic acids is 1. The van der Waals surface area contributed by atoms with Crippen LogP contribution in [-0.2, 0) is 6.54 Å². The number of amides is 1. The van der Waals surface area contributed by atoms with E-state index in [9.17, 15) is 31.1 Å². The van der Waals surface area contributed by atoms with E-state index in [1.165, 1.54) is 48.5 Å². The molecular weight excluding hydrogens is 396 g/mol. The van der Waals surface area contributed by atoms with Crippen LogP contribution in [0.2, 0.25) is 0 Å². The van der Waals surface area contributed by atoms with Crippen LogP contribution in [0.3, 0.4) is 0 Å². The first-order valence-electron chi connectivity index (χ1n) is 7.44. The van der Waals surface area contributed by atoms with Crippen LogP contribution in [0.4, 0.5) is 26.3 Å². The molecule has 0 heterocycles. The molecule has 0 unspecified atom stereocenters. The molecule has 2 rings (SSSR count). The van der Waals surface area contributed by atoms with Crippen molar-refractivity contribution in [2.45, 2.75) is 23.1 Å². The minimum atomic E-state index is -4.43. The monoisotopic (exact) mass is 409 g/mol. The number of ether oxygens (including phenoxy) is 1. The van der Waals surface area contributed by atoms with E-state index in [0.717, 1.165) is 0 Å². The summed E-state index contributed by atoms with van der Waals surface area (Å²) in [5, 5.41) is 2.57. The van der Waals surface area contributed by atoms with Gasteiger partial charge in [-0.3, -0.25) is 4.79 Å². The predicted molar refractivity (Wildman–Crippen MR) is 87.5 cm³/mol. The highest BCUT2D eigenvalue weighted by Crippen LogP contribution is 2.36. The molecule has 0 bridgehead atoms. The summed E-state index contributed by atoms with van der Waals surface area (Å²) in [5.41, 5.74) is -3.60. The lowest BCUT2D eigenvalue weighted by Gasteiger charge is -2.10. The van der Waals surface area contributed by atoms with Gasteiger partial charge in [0.15, 0.2) is 6.61 Å². The Balaban J connectivity index is 1.86. The van der Waals surface area contributed by atoms with Crippen molar-refractivity contribution in [2.75, 3.05) is 6.61 Å². The van der Waals surface area contributed by atoms with Crippen LogP contribution >= 0.6 is 11.8 Å². The molecule has 0 aromatic heterocycles. The topological polar surface area (TPSA) is 38.3 Å². The molecule has 1 amide bonds. The zero-order valence-electron chi connectivity index (χ0n) is 13.5. The number of carbonyl (C=O) groups is 1. The van der Waals surface area contributed by atoms with Gasteiger partial charge < -0.3 is 10.1 Å². The highest BCUT2D eigenvalue weighted by Gasteiger charge is 2.29. The standard InChI is InChI=1S/C17H13F6NO2S/c18-16(19,20)10-26-13-5-1-11(2-6-13)9-24-15(25)12-3-7-14(8-4-12)27-17(21,22)23/h1-8H,9-10H2,(H,24,25). The van der Waals surface area contributed by atoms with Gasteiger partial charge in [-0.05, 0) is 53.7 Å². The first-order chi connectivity index (χ1) is 12.5. The number of thioether (sulfide) groups is 1. The van der Waals surface area contributed by atoms with Gasteiger partial charge in [-0.1, -0.05) is 12.1 Å². The fraction of sp³-hybridized carbons (Fsp3) is 0.235. The van der Waals surface area contributed by atoms with Gasteiger partial charge in [-0.15, -0.1) is 0 Å². The van der Waals surface area contributed by atoms with Crippen LogP contribution in [0.1, 0.15) is 15.9 Å². The average molecular weight is 409 g/mol. The molecule has 3 nitrogen and oxygen atoms in total. The Morgan fingerprint density at radius 2 is 1.52 bits per heavy atom. The molecule has 0 saturated carbocycles. The van der Waals surface area contributed by atoms with Crippen molar-refractivity contribution in [1.29, 1.82) is 0 Å². The van der Waals surface area contributed by atoms with Gasteiger partial charge in [0.1, 0.15) is 5.75 Å². The molecular formula is C17H13F6NO2S. The third-order valence-corrected chi connectivity index (χ3v) is 3.87. The maximum atomic E-state index is 12.3. The zero-order valence-corrected chi connectivity index (χ0v) is 14.3. The van der Waals surface area contributed by atoms with Gasteiger partial charge in [-0.2, -0.15) is 26.3 Å². The number of hydrogen-bond donors (Lipinski definition) is 1. The Morgan fingerprint density at radius 3 is 2.04 bits per heavy atom. The fourth-order valence-corrected chi connectivity index (χ4v) is 2.50. The molecule has 0 fully saturated rings. The van der Waals surface area contributed by atoms with Crippen molar-refractivity contribution in [3.05, 3.63) is 59.7 Å². The Labute approximate surface area is 154 Å². The normalized spacial score (nSPS) is 11.9. The van der Waals surface area contributed by atoms with Gasteiger partial charge in [0.2, 0.25) is 0 Å². The highest BCUT2D eigenvalue weighted by molar-refractivity contribution is 8.00. The molecule has 0 radical (unpaired) electrons. The molecule has 146 valence electrons. The molecule has 2 aromatic carbocycles. The van der Waals surface area contributed by atoms with Crippen molar-refractivity contribution >= 4 is 17.7 Å². The Hall–Kier alpha value is -2.36. The van der Waals surface area contributed by atoms with Gasteiger partial charge in [-0.25, -0.2) is 0 Å². The molecule has 0 spiro atoms. The summed E-state index contributed by atoms with van der Waals surface area (Å²) in [6.45, 7) is -1.30. The van der Waals surface area contributed by atoms with E-state index >= 15 is 0 Å². The number of halogens is 6. The van der Waals surface area contributed by atoms with E-state index in [1.807, 2.05) is 0 Å². The van der Waals surface area contributed by atoms with E-state index in [-0.39, 0.29) is 34.5 Å². The van der Waals surface area contributed by atoms with Crippen LogP contribution in [0.15, 0.2) is 53.4 Å². The number of alkyl halides is 6. The lowest BCUT2D eigenvalue weighted by molar-refractivity contribution is -0.153. The molecule has 0 atom stereocenters. The van der Waals surface area contributed by atoms with Crippen LogP contribution in [-0.4, -0.2) is 24.2 Å².